The fourth-order valence-corrected chi connectivity index (χ4v) is 2.57. The van der Waals surface area contributed by atoms with E-state index in [9.17, 15) is 9.50 Å². The molecular formula is C15H13Cl2FO. The van der Waals surface area contributed by atoms with Gasteiger partial charge >= 0.3 is 0 Å². The fourth-order valence-electron chi connectivity index (χ4n) is 2.02. The first kappa shape index (κ1) is 14.3. The maximum Gasteiger partial charge on any atom is 0.123 e. The Hall–Kier alpha value is -1.09. The third-order valence-electron chi connectivity index (χ3n) is 3.05. The van der Waals surface area contributed by atoms with Crippen LogP contribution in [0.2, 0.25) is 10.0 Å². The van der Waals surface area contributed by atoms with Crippen LogP contribution in [-0.2, 0) is 6.42 Å². The molecule has 4 heteroatoms. The molecule has 2 rings (SSSR count). The van der Waals surface area contributed by atoms with E-state index in [0.29, 0.717) is 16.5 Å². The van der Waals surface area contributed by atoms with Crippen LogP contribution in [0.4, 0.5) is 4.39 Å². The van der Waals surface area contributed by atoms with Gasteiger partial charge in [-0.1, -0.05) is 41.4 Å². The quantitative estimate of drug-likeness (QED) is 0.884. The molecule has 0 heterocycles. The van der Waals surface area contributed by atoms with Gasteiger partial charge in [0.25, 0.3) is 0 Å². The van der Waals surface area contributed by atoms with Crippen LogP contribution in [0.5, 0.6) is 0 Å². The van der Waals surface area contributed by atoms with Crippen LogP contribution in [0.1, 0.15) is 17.0 Å². The maximum atomic E-state index is 13.2. The van der Waals surface area contributed by atoms with E-state index in [1.807, 2.05) is 0 Å². The molecule has 0 saturated heterocycles. The molecule has 2 aromatic rings. The second kappa shape index (κ2) is 6.38. The molecule has 0 aromatic heterocycles. The van der Waals surface area contributed by atoms with Gasteiger partial charge in [0.15, 0.2) is 0 Å². The van der Waals surface area contributed by atoms with Crippen LogP contribution < -0.4 is 0 Å². The van der Waals surface area contributed by atoms with Gasteiger partial charge in [-0.2, -0.15) is 0 Å². The minimum atomic E-state index is -0.318. The Morgan fingerprint density at radius 3 is 2.26 bits per heavy atom. The van der Waals surface area contributed by atoms with Gasteiger partial charge in [0.05, 0.1) is 6.61 Å². The van der Waals surface area contributed by atoms with E-state index in [2.05, 4.69) is 0 Å². The maximum absolute atomic E-state index is 13.2. The molecule has 0 radical (unpaired) electrons. The summed E-state index contributed by atoms with van der Waals surface area (Å²) in [5.41, 5.74) is 1.51. The lowest BCUT2D eigenvalue weighted by Crippen LogP contribution is -2.09. The van der Waals surface area contributed by atoms with Crippen LogP contribution in [0, 0.1) is 5.82 Å². The van der Waals surface area contributed by atoms with Gasteiger partial charge in [0, 0.05) is 16.0 Å². The highest BCUT2D eigenvalue weighted by Crippen LogP contribution is 2.30. The van der Waals surface area contributed by atoms with Crippen LogP contribution in [0.15, 0.2) is 42.5 Å². The van der Waals surface area contributed by atoms with Gasteiger partial charge in [-0.25, -0.2) is 4.39 Å². The Kier molecular flexibility index (Phi) is 4.81. The first-order chi connectivity index (χ1) is 9.11. The van der Waals surface area contributed by atoms with Crippen molar-refractivity contribution in [3.63, 3.8) is 0 Å². The minimum absolute atomic E-state index is 0.0923. The summed E-state index contributed by atoms with van der Waals surface area (Å²) in [6, 6.07) is 11.5. The Morgan fingerprint density at radius 2 is 1.68 bits per heavy atom. The largest absolute Gasteiger partial charge is 0.396 e. The summed E-state index contributed by atoms with van der Waals surface area (Å²) < 4.78 is 13.2. The molecule has 19 heavy (non-hydrogen) atoms. The van der Waals surface area contributed by atoms with Crippen molar-refractivity contribution < 1.29 is 9.50 Å². The molecular weight excluding hydrogens is 286 g/mol. The van der Waals surface area contributed by atoms with Gasteiger partial charge in [-0.05, 0) is 41.8 Å². The zero-order chi connectivity index (χ0) is 13.8. The van der Waals surface area contributed by atoms with Gasteiger partial charge in [-0.3, -0.25) is 0 Å². The number of rotatable bonds is 4. The summed E-state index contributed by atoms with van der Waals surface area (Å²) in [5.74, 6) is -0.547. The smallest absolute Gasteiger partial charge is 0.123 e. The molecule has 0 aliphatic rings. The van der Waals surface area contributed by atoms with Crippen LogP contribution in [-0.4, -0.2) is 11.7 Å². The lowest BCUT2D eigenvalue weighted by Gasteiger charge is -2.16. The Balaban J connectivity index is 2.29. The average Bonchev–Trinajstić information content (AvgIpc) is 2.38. The van der Waals surface area contributed by atoms with E-state index in [-0.39, 0.29) is 18.3 Å². The molecule has 0 aliphatic heterocycles. The molecule has 2 aromatic carbocycles. The van der Waals surface area contributed by atoms with Gasteiger partial charge in [-0.15, -0.1) is 0 Å². The zero-order valence-corrected chi connectivity index (χ0v) is 11.6. The number of hydrogen-bond acceptors (Lipinski definition) is 1. The predicted molar refractivity (Wildman–Crippen MR) is 76.4 cm³/mol. The predicted octanol–water partition coefficient (Wildman–Crippen LogP) is 4.45. The molecule has 0 fully saturated rings. The van der Waals surface area contributed by atoms with Crippen LogP contribution >= 0.6 is 23.2 Å². The molecule has 0 bridgehead atoms. The van der Waals surface area contributed by atoms with Crippen LogP contribution in [0.25, 0.3) is 0 Å². The monoisotopic (exact) mass is 298 g/mol. The van der Waals surface area contributed by atoms with E-state index in [1.54, 1.807) is 30.3 Å². The van der Waals surface area contributed by atoms with Crippen molar-refractivity contribution in [2.75, 3.05) is 6.61 Å². The first-order valence-corrected chi connectivity index (χ1v) is 6.66. The number of benzene rings is 2. The van der Waals surface area contributed by atoms with E-state index in [0.717, 1.165) is 11.1 Å². The summed E-state index contributed by atoms with van der Waals surface area (Å²) in [5, 5.41) is 10.6. The number of aliphatic hydroxyl groups excluding tert-OH is 1. The van der Waals surface area contributed by atoms with Crippen molar-refractivity contribution in [3.8, 4) is 0 Å². The molecule has 0 saturated carbocycles. The molecule has 0 spiro atoms. The van der Waals surface area contributed by atoms with E-state index < -0.39 is 0 Å². The number of hydrogen-bond donors (Lipinski definition) is 1. The van der Waals surface area contributed by atoms with Crippen LogP contribution in [0.3, 0.4) is 0 Å². The summed E-state index contributed by atoms with van der Waals surface area (Å²) in [7, 11) is 0. The number of aliphatic hydroxyl groups is 1. The molecule has 1 N–H and O–H groups in total. The summed E-state index contributed by atoms with van der Waals surface area (Å²) in [4.78, 5) is 0. The molecule has 1 nitrogen and oxygen atoms in total. The van der Waals surface area contributed by atoms with E-state index in [1.165, 1.54) is 12.1 Å². The van der Waals surface area contributed by atoms with Gasteiger partial charge in [0.2, 0.25) is 0 Å². The second-order valence-electron chi connectivity index (χ2n) is 4.34. The number of halogens is 3. The van der Waals surface area contributed by atoms with Crippen molar-refractivity contribution in [1.29, 1.82) is 0 Å². The highest BCUT2D eigenvalue weighted by atomic mass is 35.5. The minimum Gasteiger partial charge on any atom is -0.396 e. The highest BCUT2D eigenvalue weighted by molar-refractivity contribution is 6.36. The fraction of sp³-hybridized carbons (Fsp3) is 0.200. The summed E-state index contributed by atoms with van der Waals surface area (Å²) in [6.45, 7) is -0.0923. The van der Waals surface area contributed by atoms with Crippen molar-refractivity contribution in [3.05, 3.63) is 69.5 Å². The molecule has 1 unspecified atom stereocenters. The van der Waals surface area contributed by atoms with Crippen molar-refractivity contribution in [2.24, 2.45) is 0 Å². The van der Waals surface area contributed by atoms with Crippen molar-refractivity contribution in [1.82, 2.24) is 0 Å². The van der Waals surface area contributed by atoms with Gasteiger partial charge in [0.1, 0.15) is 5.82 Å². The standard InChI is InChI=1S/C15H13Cl2FO/c16-14-5-2-6-15(17)13(14)8-11(9-19)10-3-1-4-12(18)7-10/h1-7,11,19H,8-9H2. The first-order valence-electron chi connectivity index (χ1n) is 5.91. The lowest BCUT2D eigenvalue weighted by atomic mass is 9.92. The Bertz CT molecular complexity index is 552. The third-order valence-corrected chi connectivity index (χ3v) is 3.76. The Morgan fingerprint density at radius 1 is 1.05 bits per heavy atom. The van der Waals surface area contributed by atoms with Crippen molar-refractivity contribution in [2.45, 2.75) is 12.3 Å². The van der Waals surface area contributed by atoms with E-state index in [4.69, 9.17) is 23.2 Å². The molecule has 1 atom stereocenters. The van der Waals surface area contributed by atoms with Crippen molar-refractivity contribution >= 4 is 23.2 Å². The molecule has 0 amide bonds. The average molecular weight is 299 g/mol. The third kappa shape index (κ3) is 3.47. The summed E-state index contributed by atoms with van der Waals surface area (Å²) in [6.07, 6.45) is 0.471. The summed E-state index contributed by atoms with van der Waals surface area (Å²) >= 11 is 12.2. The van der Waals surface area contributed by atoms with E-state index >= 15 is 0 Å². The second-order valence-corrected chi connectivity index (χ2v) is 5.15. The van der Waals surface area contributed by atoms with Gasteiger partial charge < -0.3 is 5.11 Å². The topological polar surface area (TPSA) is 20.2 Å². The SMILES string of the molecule is OCC(Cc1c(Cl)cccc1Cl)c1cccc(F)c1. The molecule has 0 aliphatic carbocycles. The highest BCUT2D eigenvalue weighted by Gasteiger charge is 2.16. The Labute approximate surface area is 121 Å². The molecule has 100 valence electrons. The normalized spacial score (nSPS) is 12.4. The lowest BCUT2D eigenvalue weighted by molar-refractivity contribution is 0.264. The zero-order valence-electron chi connectivity index (χ0n) is 10.1.